The highest BCUT2D eigenvalue weighted by Crippen LogP contribution is 2.33. The number of para-hydroxylation sites is 1. The highest BCUT2D eigenvalue weighted by atomic mass is 35.5. The maximum Gasteiger partial charge on any atom is 0.268 e. The molecular formula is C13H8ClFN4OS. The van der Waals surface area contributed by atoms with Gasteiger partial charge < -0.3 is 11.1 Å². The van der Waals surface area contributed by atoms with Crippen LogP contribution in [0.5, 0.6) is 0 Å². The van der Waals surface area contributed by atoms with Gasteiger partial charge in [0.1, 0.15) is 15.5 Å². The Morgan fingerprint density at radius 2 is 2.19 bits per heavy atom. The molecule has 21 heavy (non-hydrogen) atoms. The lowest BCUT2D eigenvalue weighted by Crippen LogP contribution is -2.13. The number of carbonyl (C=O) groups excluding carboxylic acids is 1. The molecule has 8 heteroatoms. The third-order valence-electron chi connectivity index (χ3n) is 2.83. The van der Waals surface area contributed by atoms with E-state index in [9.17, 15) is 9.18 Å². The van der Waals surface area contributed by atoms with E-state index in [1.54, 1.807) is 6.07 Å². The van der Waals surface area contributed by atoms with Gasteiger partial charge in [-0.15, -0.1) is 16.4 Å². The minimum atomic E-state index is -0.615. The molecule has 0 fully saturated rings. The molecule has 2 heterocycles. The molecule has 3 aromatic rings. The Morgan fingerprint density at radius 1 is 1.38 bits per heavy atom. The van der Waals surface area contributed by atoms with Gasteiger partial charge in [0.2, 0.25) is 0 Å². The van der Waals surface area contributed by atoms with Crippen LogP contribution in [0.4, 0.5) is 15.8 Å². The Kier molecular flexibility index (Phi) is 3.44. The second-order valence-electron chi connectivity index (χ2n) is 4.15. The number of fused-ring (bicyclic) bond motifs is 1. The van der Waals surface area contributed by atoms with Gasteiger partial charge in [0.25, 0.3) is 5.91 Å². The molecule has 1 amide bonds. The van der Waals surface area contributed by atoms with Crippen molar-refractivity contribution in [2.45, 2.75) is 0 Å². The molecule has 3 rings (SSSR count). The van der Waals surface area contributed by atoms with Crippen LogP contribution >= 0.6 is 22.9 Å². The highest BCUT2D eigenvalue weighted by Gasteiger charge is 2.19. The zero-order valence-electron chi connectivity index (χ0n) is 10.4. The first-order valence-corrected chi connectivity index (χ1v) is 7.02. The summed E-state index contributed by atoms with van der Waals surface area (Å²) in [6, 6.07) is 5.82. The molecule has 0 aliphatic carbocycles. The molecule has 0 aliphatic rings. The molecule has 106 valence electrons. The molecule has 0 aliphatic heterocycles. The SMILES string of the molecule is Nc1c(C(=O)Nc2c(F)cccc2Cl)sc2nnccc12. The number of nitrogens with two attached hydrogens (primary N) is 1. The van der Waals surface area contributed by atoms with Crippen LogP contribution in [0.2, 0.25) is 5.02 Å². The van der Waals surface area contributed by atoms with Crippen LogP contribution in [0, 0.1) is 5.82 Å². The maximum absolute atomic E-state index is 13.7. The van der Waals surface area contributed by atoms with Gasteiger partial charge in [-0.05, 0) is 18.2 Å². The molecule has 0 saturated heterocycles. The Hall–Kier alpha value is -2.25. The van der Waals surface area contributed by atoms with Crippen LogP contribution in [-0.4, -0.2) is 16.1 Å². The number of amides is 1. The maximum atomic E-state index is 13.7. The van der Waals surface area contributed by atoms with E-state index in [0.717, 1.165) is 11.3 Å². The van der Waals surface area contributed by atoms with Gasteiger partial charge in [-0.2, -0.15) is 5.10 Å². The van der Waals surface area contributed by atoms with E-state index in [2.05, 4.69) is 15.5 Å². The van der Waals surface area contributed by atoms with Crippen molar-refractivity contribution >= 4 is 50.4 Å². The van der Waals surface area contributed by atoms with E-state index in [1.807, 2.05) is 0 Å². The van der Waals surface area contributed by atoms with Gasteiger partial charge in [0, 0.05) is 5.39 Å². The summed E-state index contributed by atoms with van der Waals surface area (Å²) in [6.07, 6.45) is 1.49. The van der Waals surface area contributed by atoms with Crippen molar-refractivity contribution in [3.05, 3.63) is 46.2 Å². The minimum Gasteiger partial charge on any atom is -0.397 e. The van der Waals surface area contributed by atoms with E-state index in [-0.39, 0.29) is 21.3 Å². The third-order valence-corrected chi connectivity index (χ3v) is 4.25. The topological polar surface area (TPSA) is 80.9 Å². The number of nitrogens with one attached hydrogen (secondary N) is 1. The minimum absolute atomic E-state index is 0.0768. The van der Waals surface area contributed by atoms with Crippen LogP contribution < -0.4 is 11.1 Å². The van der Waals surface area contributed by atoms with E-state index in [0.29, 0.717) is 10.2 Å². The summed E-state index contributed by atoms with van der Waals surface area (Å²) < 4.78 is 13.7. The van der Waals surface area contributed by atoms with E-state index < -0.39 is 11.7 Å². The summed E-state index contributed by atoms with van der Waals surface area (Å²) in [6.45, 7) is 0. The van der Waals surface area contributed by atoms with Crippen LogP contribution in [0.3, 0.4) is 0 Å². The van der Waals surface area contributed by atoms with Crippen molar-refractivity contribution in [1.29, 1.82) is 0 Å². The summed E-state index contributed by atoms with van der Waals surface area (Å²) in [5.74, 6) is -1.15. The van der Waals surface area contributed by atoms with Crippen LogP contribution in [-0.2, 0) is 0 Å². The number of hydrogen-bond donors (Lipinski definition) is 2. The standard InChI is InChI=1S/C13H8ClFN4OS/c14-7-2-1-3-8(15)10(7)18-12(20)11-9(16)6-4-5-17-19-13(6)21-11/h1-5H,16H2,(H,18,20). The molecule has 3 N–H and O–H groups in total. The Morgan fingerprint density at radius 3 is 2.90 bits per heavy atom. The predicted molar refractivity (Wildman–Crippen MR) is 81.2 cm³/mol. The number of nitrogens with zero attached hydrogens (tertiary/aromatic N) is 2. The first-order chi connectivity index (χ1) is 10.1. The quantitative estimate of drug-likeness (QED) is 0.758. The zero-order chi connectivity index (χ0) is 15.0. The average Bonchev–Trinajstić information content (AvgIpc) is 2.81. The fraction of sp³-hybridized carbons (Fsp3) is 0. The lowest BCUT2D eigenvalue weighted by atomic mass is 10.2. The largest absolute Gasteiger partial charge is 0.397 e. The van der Waals surface area contributed by atoms with Gasteiger partial charge >= 0.3 is 0 Å². The van der Waals surface area contributed by atoms with Crippen molar-refractivity contribution in [2.75, 3.05) is 11.1 Å². The van der Waals surface area contributed by atoms with E-state index >= 15 is 0 Å². The van der Waals surface area contributed by atoms with Crippen LogP contribution in [0.1, 0.15) is 9.67 Å². The highest BCUT2D eigenvalue weighted by molar-refractivity contribution is 7.21. The smallest absolute Gasteiger partial charge is 0.268 e. The van der Waals surface area contributed by atoms with Crippen molar-refractivity contribution in [2.24, 2.45) is 0 Å². The summed E-state index contributed by atoms with van der Waals surface area (Å²) in [5, 5.41) is 10.8. The monoisotopic (exact) mass is 322 g/mol. The summed E-state index contributed by atoms with van der Waals surface area (Å²) in [7, 11) is 0. The second-order valence-corrected chi connectivity index (χ2v) is 5.55. The van der Waals surface area contributed by atoms with Gasteiger partial charge in [-0.1, -0.05) is 17.7 Å². The van der Waals surface area contributed by atoms with Crippen LogP contribution in [0.15, 0.2) is 30.5 Å². The van der Waals surface area contributed by atoms with Gasteiger partial charge in [0.05, 0.1) is 22.6 Å². The summed E-state index contributed by atoms with van der Waals surface area (Å²) >= 11 is 6.96. The van der Waals surface area contributed by atoms with Crippen molar-refractivity contribution in [1.82, 2.24) is 10.2 Å². The number of benzene rings is 1. The lowest BCUT2D eigenvalue weighted by Gasteiger charge is -2.07. The fourth-order valence-corrected chi connectivity index (χ4v) is 2.97. The molecule has 0 spiro atoms. The van der Waals surface area contributed by atoms with Crippen molar-refractivity contribution in [3.63, 3.8) is 0 Å². The summed E-state index contributed by atoms with van der Waals surface area (Å²) in [5.41, 5.74) is 6.13. The number of carbonyl (C=O) groups is 1. The van der Waals surface area contributed by atoms with Gasteiger partial charge in [-0.3, -0.25) is 4.79 Å². The number of aromatic nitrogens is 2. The van der Waals surface area contributed by atoms with Gasteiger partial charge in [-0.25, -0.2) is 4.39 Å². The molecular weight excluding hydrogens is 315 g/mol. The Labute approximate surface area is 127 Å². The predicted octanol–water partition coefficient (Wildman–Crippen LogP) is 3.32. The second kappa shape index (κ2) is 5.27. The fourth-order valence-electron chi connectivity index (χ4n) is 1.83. The molecule has 1 aromatic carbocycles. The normalized spacial score (nSPS) is 10.8. The van der Waals surface area contributed by atoms with Crippen molar-refractivity contribution in [3.8, 4) is 0 Å². The number of nitrogen functional groups attached to an aromatic ring is 1. The van der Waals surface area contributed by atoms with Gasteiger partial charge in [0.15, 0.2) is 0 Å². The van der Waals surface area contributed by atoms with E-state index in [1.165, 1.54) is 24.4 Å². The third kappa shape index (κ3) is 2.41. The first kappa shape index (κ1) is 13.7. The van der Waals surface area contributed by atoms with Crippen LogP contribution in [0.25, 0.3) is 10.2 Å². The first-order valence-electron chi connectivity index (χ1n) is 5.83. The zero-order valence-corrected chi connectivity index (χ0v) is 12.0. The molecule has 0 atom stereocenters. The summed E-state index contributed by atoms with van der Waals surface area (Å²) in [4.78, 5) is 13.0. The number of thiophene rings is 1. The number of halogens is 2. The molecule has 0 unspecified atom stereocenters. The molecule has 0 saturated carbocycles. The number of hydrogen-bond acceptors (Lipinski definition) is 5. The average molecular weight is 323 g/mol. The Balaban J connectivity index is 2.00. The number of anilines is 2. The molecule has 5 nitrogen and oxygen atoms in total. The van der Waals surface area contributed by atoms with Crippen molar-refractivity contribution < 1.29 is 9.18 Å². The number of rotatable bonds is 2. The van der Waals surface area contributed by atoms with E-state index in [4.69, 9.17) is 17.3 Å². The molecule has 0 bridgehead atoms. The lowest BCUT2D eigenvalue weighted by molar-refractivity contribution is 0.103. The molecule has 2 aromatic heterocycles. The Bertz CT molecular complexity index is 831. The molecule has 0 radical (unpaired) electrons.